The van der Waals surface area contributed by atoms with E-state index in [2.05, 4.69) is 20.5 Å². The molecule has 0 atom stereocenters. The second-order valence-electron chi connectivity index (χ2n) is 4.45. The summed E-state index contributed by atoms with van der Waals surface area (Å²) in [5, 5.41) is 10.3. The molecule has 1 heterocycles. The number of hydrogen-bond acceptors (Lipinski definition) is 3. The molecular weight excluding hydrogens is 317 g/mol. The van der Waals surface area contributed by atoms with Gasteiger partial charge in [0.15, 0.2) is 5.11 Å². The van der Waals surface area contributed by atoms with Crippen molar-refractivity contribution in [3.8, 4) is 5.75 Å². The van der Waals surface area contributed by atoms with Gasteiger partial charge < -0.3 is 15.4 Å². The maximum absolute atomic E-state index is 12.1. The highest BCUT2D eigenvalue weighted by Gasteiger charge is 2.30. The molecule has 0 spiro atoms. The van der Waals surface area contributed by atoms with E-state index in [1.165, 1.54) is 24.3 Å². The van der Waals surface area contributed by atoms with E-state index >= 15 is 0 Å². The Morgan fingerprint density at radius 3 is 2.36 bits per heavy atom. The van der Waals surface area contributed by atoms with Gasteiger partial charge in [-0.3, -0.25) is 4.68 Å². The van der Waals surface area contributed by atoms with Crippen LogP contribution in [0.3, 0.4) is 0 Å². The molecule has 0 radical (unpaired) electrons. The van der Waals surface area contributed by atoms with Crippen molar-refractivity contribution in [1.29, 1.82) is 0 Å². The Morgan fingerprint density at radius 2 is 1.86 bits per heavy atom. The van der Waals surface area contributed by atoms with Crippen molar-refractivity contribution in [3.05, 3.63) is 36.2 Å². The molecule has 1 aromatic heterocycles. The number of rotatable bonds is 3. The fraction of sp³-hybridized carbons (Fsp3) is 0.231. The first-order valence-corrected chi connectivity index (χ1v) is 6.58. The molecule has 0 saturated heterocycles. The van der Waals surface area contributed by atoms with E-state index in [-0.39, 0.29) is 5.75 Å². The zero-order chi connectivity index (χ0) is 16.3. The van der Waals surface area contributed by atoms with Gasteiger partial charge in [0.2, 0.25) is 0 Å². The van der Waals surface area contributed by atoms with Crippen LogP contribution in [0.15, 0.2) is 30.5 Å². The SMILES string of the molecule is Cc1nn(C)cc1NC(=S)Nc1ccc(OC(F)(F)F)cc1. The molecule has 0 aliphatic carbocycles. The number of nitrogens with one attached hydrogen (secondary N) is 2. The molecule has 1 aromatic carbocycles. The number of thiocarbonyl (C=S) groups is 1. The number of aryl methyl sites for hydroxylation is 2. The smallest absolute Gasteiger partial charge is 0.406 e. The summed E-state index contributed by atoms with van der Waals surface area (Å²) >= 11 is 5.14. The molecule has 0 bridgehead atoms. The molecular formula is C13H13F3N4OS. The Balaban J connectivity index is 1.96. The summed E-state index contributed by atoms with van der Waals surface area (Å²) in [4.78, 5) is 0. The van der Waals surface area contributed by atoms with Crippen LogP contribution in [0.4, 0.5) is 24.5 Å². The highest BCUT2D eigenvalue weighted by atomic mass is 32.1. The van der Waals surface area contributed by atoms with Gasteiger partial charge in [0.1, 0.15) is 5.75 Å². The van der Waals surface area contributed by atoms with Crippen LogP contribution in [-0.4, -0.2) is 21.3 Å². The number of halogens is 3. The topological polar surface area (TPSA) is 51.1 Å². The highest BCUT2D eigenvalue weighted by Crippen LogP contribution is 2.24. The van der Waals surface area contributed by atoms with Gasteiger partial charge in [0, 0.05) is 18.9 Å². The molecule has 0 fully saturated rings. The predicted molar refractivity (Wildman–Crippen MR) is 80.9 cm³/mol. The molecule has 2 aromatic rings. The normalized spacial score (nSPS) is 11.1. The molecule has 9 heteroatoms. The maximum atomic E-state index is 12.1. The van der Waals surface area contributed by atoms with E-state index in [9.17, 15) is 13.2 Å². The minimum atomic E-state index is -4.70. The van der Waals surface area contributed by atoms with E-state index < -0.39 is 6.36 Å². The van der Waals surface area contributed by atoms with Crippen molar-refractivity contribution in [2.75, 3.05) is 10.6 Å². The average Bonchev–Trinajstić information content (AvgIpc) is 2.68. The van der Waals surface area contributed by atoms with Crippen LogP contribution >= 0.6 is 12.2 Å². The van der Waals surface area contributed by atoms with E-state index in [1.54, 1.807) is 17.9 Å². The minimum Gasteiger partial charge on any atom is -0.406 e. The summed E-state index contributed by atoms with van der Waals surface area (Å²) in [6, 6.07) is 5.28. The molecule has 118 valence electrons. The molecule has 0 unspecified atom stereocenters. The lowest BCUT2D eigenvalue weighted by molar-refractivity contribution is -0.274. The van der Waals surface area contributed by atoms with Crippen molar-refractivity contribution >= 4 is 28.7 Å². The largest absolute Gasteiger partial charge is 0.573 e. The number of benzene rings is 1. The van der Waals surface area contributed by atoms with E-state index in [1.807, 2.05) is 6.92 Å². The summed E-state index contributed by atoms with van der Waals surface area (Å²) in [7, 11) is 1.79. The van der Waals surface area contributed by atoms with Crippen molar-refractivity contribution in [2.24, 2.45) is 7.05 Å². The molecule has 2 N–H and O–H groups in total. The molecule has 22 heavy (non-hydrogen) atoms. The third-order valence-electron chi connectivity index (χ3n) is 2.61. The van der Waals surface area contributed by atoms with Crippen LogP contribution in [-0.2, 0) is 7.05 Å². The van der Waals surface area contributed by atoms with Crippen LogP contribution in [0, 0.1) is 6.92 Å². The third-order valence-corrected chi connectivity index (χ3v) is 2.81. The van der Waals surface area contributed by atoms with Crippen LogP contribution in [0.25, 0.3) is 0 Å². The van der Waals surface area contributed by atoms with Gasteiger partial charge >= 0.3 is 6.36 Å². The van der Waals surface area contributed by atoms with Crippen molar-refractivity contribution in [2.45, 2.75) is 13.3 Å². The molecule has 2 rings (SSSR count). The first-order chi connectivity index (χ1) is 10.2. The van der Waals surface area contributed by atoms with Crippen LogP contribution in [0.2, 0.25) is 0 Å². The molecule has 0 saturated carbocycles. The molecule has 5 nitrogen and oxygen atoms in total. The molecule has 0 aliphatic rings. The Hall–Kier alpha value is -2.29. The lowest BCUT2D eigenvalue weighted by Crippen LogP contribution is -2.19. The van der Waals surface area contributed by atoms with Gasteiger partial charge in [0.25, 0.3) is 0 Å². The van der Waals surface area contributed by atoms with Gasteiger partial charge in [-0.2, -0.15) is 5.10 Å². The van der Waals surface area contributed by atoms with Crippen LogP contribution in [0.5, 0.6) is 5.75 Å². The maximum Gasteiger partial charge on any atom is 0.573 e. The summed E-state index contributed by atoms with van der Waals surface area (Å²) in [5.74, 6) is -0.292. The van der Waals surface area contributed by atoms with Gasteiger partial charge in [-0.05, 0) is 43.4 Å². The monoisotopic (exact) mass is 330 g/mol. The first kappa shape index (κ1) is 16.1. The lowest BCUT2D eigenvalue weighted by atomic mass is 10.3. The Bertz CT molecular complexity index is 667. The average molecular weight is 330 g/mol. The van der Waals surface area contributed by atoms with E-state index in [0.717, 1.165) is 11.4 Å². The molecule has 0 amide bonds. The zero-order valence-electron chi connectivity index (χ0n) is 11.7. The van der Waals surface area contributed by atoms with Crippen molar-refractivity contribution in [1.82, 2.24) is 9.78 Å². The number of nitrogens with zero attached hydrogens (tertiary/aromatic N) is 2. The molecule has 0 aliphatic heterocycles. The summed E-state index contributed by atoms with van der Waals surface area (Å²) < 4.78 is 41.6. The standard InChI is InChI=1S/C13H13F3N4OS/c1-8-11(7-20(2)19-8)18-12(22)17-9-3-5-10(6-4-9)21-13(14,15)16/h3-7H,1-2H3,(H2,17,18,22). The van der Waals surface area contributed by atoms with Gasteiger partial charge in [0.05, 0.1) is 11.4 Å². The fourth-order valence-electron chi connectivity index (χ4n) is 1.75. The van der Waals surface area contributed by atoms with Crippen molar-refractivity contribution < 1.29 is 17.9 Å². The number of alkyl halides is 3. The summed E-state index contributed by atoms with van der Waals surface area (Å²) in [6.07, 6.45) is -2.94. The van der Waals surface area contributed by atoms with Gasteiger partial charge in [-0.25, -0.2) is 0 Å². The first-order valence-electron chi connectivity index (χ1n) is 6.17. The summed E-state index contributed by atoms with van der Waals surface area (Å²) in [5.41, 5.74) is 2.06. The highest BCUT2D eigenvalue weighted by molar-refractivity contribution is 7.80. The summed E-state index contributed by atoms with van der Waals surface area (Å²) in [6.45, 7) is 1.83. The van der Waals surface area contributed by atoms with Crippen LogP contribution in [0.1, 0.15) is 5.69 Å². The second-order valence-corrected chi connectivity index (χ2v) is 4.86. The Labute approximate surface area is 130 Å². The quantitative estimate of drug-likeness (QED) is 0.845. The third kappa shape index (κ3) is 4.62. The van der Waals surface area contributed by atoms with E-state index in [4.69, 9.17) is 12.2 Å². The number of hydrogen-bond donors (Lipinski definition) is 2. The Morgan fingerprint density at radius 1 is 1.23 bits per heavy atom. The number of anilines is 2. The van der Waals surface area contributed by atoms with Crippen LogP contribution < -0.4 is 15.4 Å². The van der Waals surface area contributed by atoms with E-state index in [0.29, 0.717) is 10.8 Å². The second kappa shape index (κ2) is 6.22. The minimum absolute atomic E-state index is 0.292. The number of ether oxygens (including phenoxy) is 1. The predicted octanol–water partition coefficient (Wildman–Crippen LogP) is 3.44. The van der Waals surface area contributed by atoms with Gasteiger partial charge in [-0.15, -0.1) is 13.2 Å². The van der Waals surface area contributed by atoms with Gasteiger partial charge in [-0.1, -0.05) is 0 Å². The zero-order valence-corrected chi connectivity index (χ0v) is 12.5. The lowest BCUT2D eigenvalue weighted by Gasteiger charge is -2.11. The fourth-order valence-corrected chi connectivity index (χ4v) is 1.97. The number of aromatic nitrogens is 2. The Kier molecular flexibility index (Phi) is 4.55. The van der Waals surface area contributed by atoms with Crippen molar-refractivity contribution in [3.63, 3.8) is 0 Å².